The van der Waals surface area contributed by atoms with Gasteiger partial charge in [0.1, 0.15) is 17.5 Å². The van der Waals surface area contributed by atoms with Crippen LogP contribution in [0, 0.1) is 13.8 Å². The average Bonchev–Trinajstić information content (AvgIpc) is 3.76. The first-order chi connectivity index (χ1) is 18.6. The topological polar surface area (TPSA) is 65.1 Å². The molecule has 2 aliphatic heterocycles. The van der Waals surface area contributed by atoms with Crippen molar-refractivity contribution in [1.29, 1.82) is 0 Å². The summed E-state index contributed by atoms with van der Waals surface area (Å²) in [6, 6.07) is 13.9. The monoisotopic (exact) mass is 506 g/mol. The predicted molar refractivity (Wildman–Crippen MR) is 158 cm³/mol. The smallest absolute Gasteiger partial charge is 0.142 e. The number of aryl methyl sites for hydroxylation is 2. The van der Waals surface area contributed by atoms with Gasteiger partial charge in [-0.25, -0.2) is 9.97 Å². The Balaban J connectivity index is 1.28. The Kier molecular flexibility index (Phi) is 6.90. The van der Waals surface area contributed by atoms with Gasteiger partial charge in [0.25, 0.3) is 0 Å². The van der Waals surface area contributed by atoms with Crippen molar-refractivity contribution in [3.8, 4) is 0 Å². The fourth-order valence-electron chi connectivity index (χ4n) is 5.83. The highest BCUT2D eigenvalue weighted by molar-refractivity contribution is 5.87. The molecular weight excluding hydrogens is 468 g/mol. The zero-order valence-electron chi connectivity index (χ0n) is 22.7. The maximum Gasteiger partial charge on any atom is 0.142 e. The van der Waals surface area contributed by atoms with Crippen molar-refractivity contribution in [3.63, 3.8) is 0 Å². The molecule has 4 heterocycles. The maximum absolute atomic E-state index is 5.02. The van der Waals surface area contributed by atoms with E-state index >= 15 is 0 Å². The standard InChI is InChI=1S/C32H38N6/c1-4-5-28-31-24(12-15-33-28)19-30(36-29-11-6-21(2)20-34-29)37-32(31)35-25-7-10-27(22(3)18-25)23-13-16-38(17-14-23)26-8-9-26/h5-7,10-12,15,18-20,23,26,33H,4,8-9,13-14,16-17H2,1-3H3,(H2,34,35,36,37)/b28-5-. The second-order valence-electron chi connectivity index (χ2n) is 10.9. The van der Waals surface area contributed by atoms with Crippen LogP contribution >= 0.6 is 0 Å². The summed E-state index contributed by atoms with van der Waals surface area (Å²) in [5.41, 5.74) is 8.33. The van der Waals surface area contributed by atoms with E-state index in [-0.39, 0.29) is 0 Å². The van der Waals surface area contributed by atoms with E-state index in [1.165, 1.54) is 49.9 Å². The molecule has 0 atom stereocenters. The van der Waals surface area contributed by atoms with Gasteiger partial charge in [-0.05, 0) is 118 Å². The molecule has 2 fully saturated rings. The van der Waals surface area contributed by atoms with E-state index in [9.17, 15) is 0 Å². The van der Waals surface area contributed by atoms with Crippen LogP contribution in [0.4, 0.5) is 23.1 Å². The lowest BCUT2D eigenvalue weighted by molar-refractivity contribution is 0.203. The van der Waals surface area contributed by atoms with E-state index in [4.69, 9.17) is 4.98 Å². The SMILES string of the molecule is CC/C=C1\NC=Cc2cc(Nc3ccc(C)cn3)nc(Nc3ccc(C4CCN(C5CC5)CC4)c(C)c3)c21. The van der Waals surface area contributed by atoms with E-state index in [0.717, 1.165) is 58.0 Å². The number of pyridine rings is 2. The quantitative estimate of drug-likeness (QED) is 0.314. The molecule has 0 spiro atoms. The molecule has 196 valence electrons. The number of hydrogen-bond donors (Lipinski definition) is 3. The van der Waals surface area contributed by atoms with Crippen molar-refractivity contribution in [1.82, 2.24) is 20.2 Å². The number of benzene rings is 1. The van der Waals surface area contributed by atoms with Crippen molar-refractivity contribution in [2.24, 2.45) is 0 Å². The Morgan fingerprint density at radius 2 is 1.84 bits per heavy atom. The Labute approximate surface area is 226 Å². The molecule has 0 bridgehead atoms. The molecule has 1 saturated carbocycles. The van der Waals surface area contributed by atoms with Crippen LogP contribution in [0.15, 0.2) is 54.9 Å². The molecule has 6 rings (SSSR count). The highest BCUT2D eigenvalue weighted by atomic mass is 15.2. The lowest BCUT2D eigenvalue weighted by Crippen LogP contribution is -2.34. The van der Waals surface area contributed by atoms with Crippen molar-refractivity contribution >= 4 is 34.9 Å². The van der Waals surface area contributed by atoms with Gasteiger partial charge in [0.15, 0.2) is 0 Å². The van der Waals surface area contributed by atoms with Crippen molar-refractivity contribution < 1.29 is 0 Å². The van der Waals surface area contributed by atoms with Crippen LogP contribution in [0.5, 0.6) is 0 Å². The predicted octanol–water partition coefficient (Wildman–Crippen LogP) is 7.25. The summed E-state index contributed by atoms with van der Waals surface area (Å²) in [5, 5.41) is 10.5. The van der Waals surface area contributed by atoms with E-state index in [1.807, 2.05) is 25.4 Å². The molecule has 0 unspecified atom stereocenters. The van der Waals surface area contributed by atoms with E-state index in [2.05, 4.69) is 82.2 Å². The van der Waals surface area contributed by atoms with Crippen molar-refractivity contribution in [2.45, 2.75) is 64.8 Å². The van der Waals surface area contributed by atoms with E-state index < -0.39 is 0 Å². The van der Waals surface area contributed by atoms with E-state index in [1.54, 1.807) is 0 Å². The number of allylic oxidation sites excluding steroid dienone is 1. The molecule has 3 aromatic rings. The fraction of sp³-hybridized carbons (Fsp3) is 0.375. The van der Waals surface area contributed by atoms with Gasteiger partial charge < -0.3 is 20.9 Å². The molecule has 6 heteroatoms. The van der Waals surface area contributed by atoms with Crippen LogP contribution in [-0.2, 0) is 0 Å². The van der Waals surface area contributed by atoms with Crippen LogP contribution in [0.25, 0.3) is 11.8 Å². The first-order valence-corrected chi connectivity index (χ1v) is 14.1. The molecule has 1 aromatic carbocycles. The normalized spacial score (nSPS) is 18.8. The Hall–Kier alpha value is -3.64. The molecule has 3 N–H and O–H groups in total. The van der Waals surface area contributed by atoms with Gasteiger partial charge in [0.05, 0.1) is 0 Å². The summed E-state index contributed by atoms with van der Waals surface area (Å²) in [6.07, 6.45) is 14.5. The lowest BCUT2D eigenvalue weighted by Gasteiger charge is -2.33. The number of piperidine rings is 1. The number of fused-ring (bicyclic) bond motifs is 1. The number of nitrogens with zero attached hydrogens (tertiary/aromatic N) is 3. The minimum atomic E-state index is 0.660. The number of likely N-dealkylation sites (tertiary alicyclic amines) is 1. The molecule has 0 radical (unpaired) electrons. The minimum Gasteiger partial charge on any atom is -0.361 e. The third kappa shape index (κ3) is 5.32. The zero-order valence-corrected chi connectivity index (χ0v) is 22.7. The first-order valence-electron chi connectivity index (χ1n) is 14.1. The number of nitrogens with one attached hydrogen (secondary N) is 3. The number of hydrogen-bond acceptors (Lipinski definition) is 6. The second-order valence-corrected chi connectivity index (χ2v) is 10.9. The molecule has 38 heavy (non-hydrogen) atoms. The molecule has 2 aromatic heterocycles. The van der Waals surface area contributed by atoms with Gasteiger partial charge in [-0.3, -0.25) is 0 Å². The van der Waals surface area contributed by atoms with Crippen LogP contribution in [-0.4, -0.2) is 34.0 Å². The fourth-order valence-corrected chi connectivity index (χ4v) is 5.83. The third-order valence-electron chi connectivity index (χ3n) is 7.96. The number of rotatable bonds is 7. The van der Waals surface area contributed by atoms with Crippen LogP contribution in [0.3, 0.4) is 0 Å². The van der Waals surface area contributed by atoms with Crippen LogP contribution in [0.2, 0.25) is 0 Å². The number of aromatic nitrogens is 2. The highest BCUT2D eigenvalue weighted by Gasteiger charge is 2.32. The van der Waals surface area contributed by atoms with Gasteiger partial charge in [0.2, 0.25) is 0 Å². The first kappa shape index (κ1) is 24.7. The second kappa shape index (κ2) is 10.6. The van der Waals surface area contributed by atoms with Crippen molar-refractivity contribution in [2.75, 3.05) is 23.7 Å². The Bertz CT molecular complexity index is 1360. The Morgan fingerprint density at radius 1 is 1.00 bits per heavy atom. The largest absolute Gasteiger partial charge is 0.361 e. The van der Waals surface area contributed by atoms with Gasteiger partial charge in [-0.2, -0.15) is 0 Å². The van der Waals surface area contributed by atoms with Gasteiger partial charge in [-0.15, -0.1) is 0 Å². The Morgan fingerprint density at radius 3 is 2.55 bits per heavy atom. The maximum atomic E-state index is 5.02. The summed E-state index contributed by atoms with van der Waals surface area (Å²) >= 11 is 0. The third-order valence-corrected chi connectivity index (χ3v) is 7.96. The summed E-state index contributed by atoms with van der Waals surface area (Å²) in [6.45, 7) is 8.94. The summed E-state index contributed by atoms with van der Waals surface area (Å²) < 4.78 is 0. The molecule has 1 aliphatic carbocycles. The summed E-state index contributed by atoms with van der Waals surface area (Å²) in [7, 11) is 0. The van der Waals surface area contributed by atoms with Gasteiger partial charge in [0, 0.05) is 35.4 Å². The highest BCUT2D eigenvalue weighted by Crippen LogP contribution is 2.37. The minimum absolute atomic E-state index is 0.660. The van der Waals surface area contributed by atoms with Gasteiger partial charge in [-0.1, -0.05) is 25.1 Å². The number of anilines is 4. The van der Waals surface area contributed by atoms with E-state index in [0.29, 0.717) is 5.92 Å². The summed E-state index contributed by atoms with van der Waals surface area (Å²) in [5.74, 6) is 3.04. The van der Waals surface area contributed by atoms with Crippen LogP contribution in [0.1, 0.15) is 72.8 Å². The van der Waals surface area contributed by atoms with Crippen LogP contribution < -0.4 is 16.0 Å². The summed E-state index contributed by atoms with van der Waals surface area (Å²) in [4.78, 5) is 12.2. The average molecular weight is 507 g/mol. The molecule has 0 amide bonds. The molecule has 1 saturated heterocycles. The molecule has 6 nitrogen and oxygen atoms in total. The molecule has 3 aliphatic rings. The zero-order chi connectivity index (χ0) is 26.1. The molecular formula is C32H38N6. The van der Waals surface area contributed by atoms with Crippen molar-refractivity contribution in [3.05, 3.63) is 82.7 Å². The lowest BCUT2D eigenvalue weighted by atomic mass is 9.86. The van der Waals surface area contributed by atoms with Gasteiger partial charge >= 0.3 is 0 Å².